The number of carbonyl (C=O) groups is 2. The Kier molecular flexibility index (Phi) is 4.54. The van der Waals surface area contributed by atoms with Gasteiger partial charge in [0.05, 0.1) is 12.1 Å². The van der Waals surface area contributed by atoms with Gasteiger partial charge in [-0.3, -0.25) is 19.4 Å². The van der Waals surface area contributed by atoms with Crippen molar-refractivity contribution in [2.45, 2.75) is 31.3 Å². The summed E-state index contributed by atoms with van der Waals surface area (Å²) in [5, 5.41) is 10.4. The maximum atomic E-state index is 12.0. The number of rotatable bonds is 4. The third-order valence-electron chi connectivity index (χ3n) is 3.77. The fourth-order valence-electron chi connectivity index (χ4n) is 2.70. The van der Waals surface area contributed by atoms with Crippen LogP contribution in [0.1, 0.15) is 25.7 Å². The van der Waals surface area contributed by atoms with Crippen molar-refractivity contribution in [2.24, 2.45) is 0 Å². The van der Waals surface area contributed by atoms with Gasteiger partial charge >= 0.3 is 0 Å². The lowest BCUT2D eigenvalue weighted by molar-refractivity contribution is -0.143. The Morgan fingerprint density at radius 2 is 2.16 bits per heavy atom. The van der Waals surface area contributed by atoms with Gasteiger partial charge in [0.2, 0.25) is 11.8 Å². The molecule has 0 saturated carbocycles. The highest BCUT2D eigenvalue weighted by Crippen LogP contribution is 2.21. The first-order chi connectivity index (χ1) is 9.00. The van der Waals surface area contributed by atoms with Gasteiger partial charge < -0.3 is 9.84 Å². The summed E-state index contributed by atoms with van der Waals surface area (Å²) in [5.41, 5.74) is -0.775. The predicted octanol–water partition coefficient (Wildman–Crippen LogP) is -0.391. The first kappa shape index (κ1) is 14.4. The molecule has 6 nitrogen and oxygen atoms in total. The molecule has 2 rings (SSSR count). The van der Waals surface area contributed by atoms with Crippen molar-refractivity contribution in [1.82, 2.24) is 9.80 Å². The second kappa shape index (κ2) is 5.98. The molecule has 2 aliphatic heterocycles. The Morgan fingerprint density at radius 1 is 1.47 bits per heavy atom. The number of imide groups is 1. The Balaban J connectivity index is 1.81. The molecule has 6 heteroatoms. The minimum Gasteiger partial charge on any atom is -0.388 e. The summed E-state index contributed by atoms with van der Waals surface area (Å²) in [5.74, 6) is -0.246. The van der Waals surface area contributed by atoms with E-state index in [1.165, 1.54) is 4.90 Å². The van der Waals surface area contributed by atoms with Gasteiger partial charge in [0.1, 0.15) is 0 Å². The lowest BCUT2D eigenvalue weighted by Crippen LogP contribution is -2.48. The summed E-state index contributed by atoms with van der Waals surface area (Å²) in [6, 6.07) is 0. The Hall–Kier alpha value is -0.980. The normalized spacial score (nSPS) is 23.1. The molecule has 0 bridgehead atoms. The zero-order valence-electron chi connectivity index (χ0n) is 11.4. The van der Waals surface area contributed by atoms with Crippen LogP contribution in [0.2, 0.25) is 0 Å². The fraction of sp³-hybridized carbons (Fsp3) is 0.846. The average molecular weight is 270 g/mol. The minimum absolute atomic E-state index is 0.0804. The zero-order valence-corrected chi connectivity index (χ0v) is 11.4. The maximum Gasteiger partial charge on any atom is 0.243 e. The number of hydrogen-bond donors (Lipinski definition) is 1. The topological polar surface area (TPSA) is 70.1 Å². The van der Waals surface area contributed by atoms with Crippen molar-refractivity contribution in [1.29, 1.82) is 0 Å². The summed E-state index contributed by atoms with van der Waals surface area (Å²) < 4.78 is 5.22. The van der Waals surface area contributed by atoms with Crippen LogP contribution in [0.25, 0.3) is 0 Å². The van der Waals surface area contributed by atoms with E-state index < -0.39 is 5.60 Å². The summed E-state index contributed by atoms with van der Waals surface area (Å²) in [4.78, 5) is 26.6. The molecule has 2 amide bonds. The first-order valence-corrected chi connectivity index (χ1v) is 6.82. The van der Waals surface area contributed by atoms with Gasteiger partial charge in [0, 0.05) is 45.6 Å². The highest BCUT2D eigenvalue weighted by Gasteiger charge is 2.33. The largest absolute Gasteiger partial charge is 0.388 e. The van der Waals surface area contributed by atoms with Crippen LogP contribution in [0.15, 0.2) is 0 Å². The number of nitrogens with zero attached hydrogens (tertiary/aromatic N) is 2. The second-order valence-corrected chi connectivity index (χ2v) is 5.55. The molecule has 0 aromatic rings. The molecule has 2 saturated heterocycles. The van der Waals surface area contributed by atoms with E-state index >= 15 is 0 Å². The third-order valence-corrected chi connectivity index (χ3v) is 3.77. The molecule has 0 unspecified atom stereocenters. The van der Waals surface area contributed by atoms with E-state index in [4.69, 9.17) is 4.74 Å². The van der Waals surface area contributed by atoms with Gasteiger partial charge in [-0.05, 0) is 13.5 Å². The van der Waals surface area contributed by atoms with Gasteiger partial charge in [0.25, 0.3) is 0 Å². The van der Waals surface area contributed by atoms with E-state index in [1.807, 2.05) is 0 Å². The molecule has 2 fully saturated rings. The lowest BCUT2D eigenvalue weighted by Gasteiger charge is -2.35. The zero-order chi connectivity index (χ0) is 13.9. The van der Waals surface area contributed by atoms with E-state index in [0.29, 0.717) is 45.6 Å². The van der Waals surface area contributed by atoms with Crippen LogP contribution in [0.3, 0.4) is 0 Å². The first-order valence-electron chi connectivity index (χ1n) is 6.82. The number of aliphatic hydroxyl groups is 1. The molecule has 0 aliphatic carbocycles. The second-order valence-electron chi connectivity index (χ2n) is 5.55. The van der Waals surface area contributed by atoms with Gasteiger partial charge in [-0.1, -0.05) is 0 Å². The van der Waals surface area contributed by atoms with E-state index in [2.05, 4.69) is 0 Å². The fourth-order valence-corrected chi connectivity index (χ4v) is 2.70. The van der Waals surface area contributed by atoms with Crippen LogP contribution in [-0.2, 0) is 14.3 Å². The minimum atomic E-state index is -0.775. The van der Waals surface area contributed by atoms with Crippen LogP contribution in [0, 0.1) is 0 Å². The number of hydrogen-bond acceptors (Lipinski definition) is 5. The van der Waals surface area contributed by atoms with E-state index in [1.54, 1.807) is 11.9 Å². The van der Waals surface area contributed by atoms with Crippen LogP contribution in [0.5, 0.6) is 0 Å². The third kappa shape index (κ3) is 3.75. The van der Waals surface area contributed by atoms with Gasteiger partial charge in [-0.25, -0.2) is 0 Å². The van der Waals surface area contributed by atoms with Crippen molar-refractivity contribution < 1.29 is 19.4 Å². The van der Waals surface area contributed by atoms with Crippen molar-refractivity contribution >= 4 is 11.8 Å². The van der Waals surface area contributed by atoms with Gasteiger partial charge in [0.15, 0.2) is 0 Å². The van der Waals surface area contributed by atoms with Crippen LogP contribution < -0.4 is 0 Å². The molecule has 0 aromatic heterocycles. The summed E-state index contributed by atoms with van der Waals surface area (Å²) in [6.45, 7) is 2.26. The Bertz CT molecular complexity index is 353. The van der Waals surface area contributed by atoms with Crippen molar-refractivity contribution in [2.75, 3.05) is 39.9 Å². The molecular formula is C13H22N2O4. The monoisotopic (exact) mass is 270 g/mol. The molecule has 2 aliphatic rings. The molecule has 0 radical (unpaired) electrons. The molecule has 2 heterocycles. The molecule has 108 valence electrons. The predicted molar refractivity (Wildman–Crippen MR) is 68.5 cm³/mol. The number of amides is 2. The maximum absolute atomic E-state index is 12.0. The molecule has 0 spiro atoms. The van der Waals surface area contributed by atoms with Crippen LogP contribution in [-0.4, -0.2) is 72.2 Å². The average Bonchev–Trinajstić information content (AvgIpc) is 2.75. The molecular weight excluding hydrogens is 248 g/mol. The number of likely N-dealkylation sites (N-methyl/N-ethyl adjacent to an activating group) is 1. The van der Waals surface area contributed by atoms with Crippen molar-refractivity contribution in [3.05, 3.63) is 0 Å². The quantitative estimate of drug-likeness (QED) is 0.753. The van der Waals surface area contributed by atoms with E-state index in [0.717, 1.165) is 6.42 Å². The summed E-state index contributed by atoms with van der Waals surface area (Å²) >= 11 is 0. The van der Waals surface area contributed by atoms with Crippen molar-refractivity contribution in [3.63, 3.8) is 0 Å². The number of ether oxygens (including phenoxy) is 1. The Morgan fingerprint density at radius 3 is 2.74 bits per heavy atom. The van der Waals surface area contributed by atoms with Gasteiger partial charge in [-0.15, -0.1) is 0 Å². The van der Waals surface area contributed by atoms with Crippen LogP contribution >= 0.6 is 0 Å². The highest BCUT2D eigenvalue weighted by atomic mass is 16.5. The number of carbonyl (C=O) groups excluding carboxylic acids is 2. The molecule has 0 aromatic carbocycles. The molecule has 0 atom stereocenters. The molecule has 1 N–H and O–H groups in total. The highest BCUT2D eigenvalue weighted by molar-refractivity contribution is 5.97. The molecule has 19 heavy (non-hydrogen) atoms. The summed E-state index contributed by atoms with van der Waals surface area (Å²) in [6.07, 6.45) is 2.41. The number of likely N-dealkylation sites (tertiary alicyclic amines) is 1. The summed E-state index contributed by atoms with van der Waals surface area (Å²) in [7, 11) is 1.80. The lowest BCUT2D eigenvalue weighted by atomic mass is 9.94. The van der Waals surface area contributed by atoms with Crippen molar-refractivity contribution in [3.8, 4) is 0 Å². The van der Waals surface area contributed by atoms with Gasteiger partial charge in [-0.2, -0.15) is 0 Å². The SMILES string of the molecule is CN(CC(=O)N1CCCC1=O)CC1(O)CCOCC1. The Labute approximate surface area is 113 Å². The standard InChI is InChI=1S/C13H22N2O4/c1-14(10-13(18)4-7-19-8-5-13)9-12(17)15-6-2-3-11(15)16/h18H,2-10H2,1H3. The van der Waals surface area contributed by atoms with E-state index in [9.17, 15) is 14.7 Å². The van der Waals surface area contributed by atoms with Crippen LogP contribution in [0.4, 0.5) is 0 Å². The van der Waals surface area contributed by atoms with E-state index in [-0.39, 0.29) is 18.4 Å². The smallest absolute Gasteiger partial charge is 0.243 e.